The number of ether oxygens (including phenoxy) is 1. The first kappa shape index (κ1) is 21.2. The molecule has 0 radical (unpaired) electrons. The van der Waals surface area contributed by atoms with Gasteiger partial charge in [0.05, 0.1) is 18.0 Å². The van der Waals surface area contributed by atoms with Gasteiger partial charge in [-0.1, -0.05) is 54.1 Å². The van der Waals surface area contributed by atoms with Crippen molar-refractivity contribution in [1.82, 2.24) is 9.88 Å². The normalized spacial score (nSPS) is 25.4. The van der Waals surface area contributed by atoms with Crippen LogP contribution in [0.1, 0.15) is 30.1 Å². The van der Waals surface area contributed by atoms with Gasteiger partial charge in [0.25, 0.3) is 0 Å². The molecule has 0 spiro atoms. The average molecular weight is 447 g/mol. The smallest absolute Gasteiger partial charge is 0.310 e. The number of aromatic nitrogens is 1. The number of benzene rings is 2. The number of piperidine rings is 3. The molecule has 0 amide bonds. The third kappa shape index (κ3) is 4.05. The lowest BCUT2D eigenvalue weighted by atomic mass is 9.73. The maximum Gasteiger partial charge on any atom is 0.310 e. The van der Waals surface area contributed by atoms with E-state index in [9.17, 15) is 4.79 Å². The summed E-state index contributed by atoms with van der Waals surface area (Å²) in [5, 5.41) is 1.62. The fourth-order valence-corrected chi connectivity index (χ4v) is 5.59. The number of fused-ring (bicyclic) bond motifs is 4. The standard InChI is InChI=1S/C27H27ClN2O2/c1-2-18-17-30-14-12-19(18)15-25(30)27(22-11-13-29-24-10-6-4-8-21(22)24)32-26(31)16-20-7-3-5-9-23(20)28/h2-11,13,18-19,25,27H,1,12,14-17H2/t18-,19-,25+,27+/m0/s1. The first-order valence-electron chi connectivity index (χ1n) is 11.3. The van der Waals surface area contributed by atoms with Crippen molar-refractivity contribution in [3.8, 4) is 0 Å². The summed E-state index contributed by atoms with van der Waals surface area (Å²) in [5.74, 6) is 0.834. The highest BCUT2D eigenvalue weighted by Gasteiger charge is 2.44. The van der Waals surface area contributed by atoms with Crippen LogP contribution in [0.25, 0.3) is 10.9 Å². The minimum Gasteiger partial charge on any atom is -0.456 e. The van der Waals surface area contributed by atoms with Gasteiger partial charge in [-0.2, -0.15) is 0 Å². The number of pyridine rings is 1. The van der Waals surface area contributed by atoms with Gasteiger partial charge in [0.15, 0.2) is 0 Å². The summed E-state index contributed by atoms with van der Waals surface area (Å²) in [6.07, 6.45) is 5.88. The molecule has 2 bridgehead atoms. The Hall–Kier alpha value is -2.69. The van der Waals surface area contributed by atoms with Gasteiger partial charge in [-0.05, 0) is 55.0 Å². The van der Waals surface area contributed by atoms with Crippen LogP contribution in [0.15, 0.2) is 73.4 Å². The molecule has 1 aromatic heterocycles. The SMILES string of the molecule is C=C[C@H]1CN2CC[C@H]1C[C@@H]2[C@H](OC(=O)Cc1ccccc1Cl)c1ccnc2ccccc12. The predicted molar refractivity (Wildman–Crippen MR) is 128 cm³/mol. The topological polar surface area (TPSA) is 42.4 Å². The second-order valence-electron chi connectivity index (χ2n) is 8.84. The molecule has 3 aromatic rings. The van der Waals surface area contributed by atoms with Crippen molar-refractivity contribution in [1.29, 1.82) is 0 Å². The number of halogens is 1. The Bertz CT molecular complexity index is 1140. The summed E-state index contributed by atoms with van der Waals surface area (Å²) < 4.78 is 6.27. The Morgan fingerprint density at radius 3 is 2.81 bits per heavy atom. The summed E-state index contributed by atoms with van der Waals surface area (Å²) in [4.78, 5) is 20.1. The molecule has 6 rings (SSSR count). The summed E-state index contributed by atoms with van der Waals surface area (Å²) in [5.41, 5.74) is 2.72. The number of hydrogen-bond donors (Lipinski definition) is 0. The molecule has 0 saturated carbocycles. The molecule has 0 aliphatic carbocycles. The molecule has 2 aromatic carbocycles. The largest absolute Gasteiger partial charge is 0.456 e. The van der Waals surface area contributed by atoms with E-state index in [-0.39, 0.29) is 24.5 Å². The highest BCUT2D eigenvalue weighted by atomic mass is 35.5. The van der Waals surface area contributed by atoms with Crippen LogP contribution < -0.4 is 0 Å². The van der Waals surface area contributed by atoms with Crippen molar-refractivity contribution in [2.45, 2.75) is 31.4 Å². The zero-order chi connectivity index (χ0) is 22.1. The Balaban J connectivity index is 1.49. The molecule has 4 nitrogen and oxygen atoms in total. The van der Waals surface area contributed by atoms with Crippen LogP contribution in [0, 0.1) is 11.8 Å². The van der Waals surface area contributed by atoms with E-state index in [1.807, 2.05) is 48.7 Å². The molecule has 3 fully saturated rings. The van der Waals surface area contributed by atoms with Gasteiger partial charge in [0, 0.05) is 28.7 Å². The van der Waals surface area contributed by atoms with E-state index in [4.69, 9.17) is 16.3 Å². The van der Waals surface area contributed by atoms with Crippen LogP contribution in [0.3, 0.4) is 0 Å². The number of rotatable bonds is 6. The first-order chi connectivity index (χ1) is 15.6. The lowest BCUT2D eigenvalue weighted by Gasteiger charge is -2.51. The summed E-state index contributed by atoms with van der Waals surface area (Å²) in [6, 6.07) is 17.7. The molecule has 5 heteroatoms. The van der Waals surface area contributed by atoms with Crippen LogP contribution >= 0.6 is 11.6 Å². The lowest BCUT2D eigenvalue weighted by molar-refractivity contribution is -0.156. The van der Waals surface area contributed by atoms with E-state index in [2.05, 4.69) is 28.6 Å². The van der Waals surface area contributed by atoms with E-state index >= 15 is 0 Å². The van der Waals surface area contributed by atoms with E-state index in [1.165, 1.54) is 6.42 Å². The molecule has 4 heterocycles. The molecular weight excluding hydrogens is 420 g/mol. The minimum absolute atomic E-state index is 0.144. The minimum atomic E-state index is -0.355. The highest BCUT2D eigenvalue weighted by Crippen LogP contribution is 2.43. The lowest BCUT2D eigenvalue weighted by Crippen LogP contribution is -2.55. The van der Waals surface area contributed by atoms with E-state index in [1.54, 1.807) is 6.07 Å². The van der Waals surface area contributed by atoms with Crippen LogP contribution in [-0.4, -0.2) is 35.0 Å². The fraction of sp³-hybridized carbons (Fsp3) is 0.333. The maximum atomic E-state index is 13.1. The average Bonchev–Trinajstić information content (AvgIpc) is 2.84. The Labute approximate surface area is 193 Å². The van der Waals surface area contributed by atoms with Gasteiger partial charge in [-0.3, -0.25) is 14.7 Å². The number of carbonyl (C=O) groups excluding carboxylic acids is 1. The van der Waals surface area contributed by atoms with Crippen molar-refractivity contribution >= 4 is 28.5 Å². The molecule has 0 N–H and O–H groups in total. The summed E-state index contributed by atoms with van der Waals surface area (Å²) >= 11 is 6.30. The number of para-hydroxylation sites is 1. The van der Waals surface area contributed by atoms with Crippen LogP contribution in [0.2, 0.25) is 5.02 Å². The van der Waals surface area contributed by atoms with Gasteiger partial charge >= 0.3 is 5.97 Å². The van der Waals surface area contributed by atoms with Crippen molar-refractivity contribution < 1.29 is 9.53 Å². The molecule has 3 saturated heterocycles. The Morgan fingerprint density at radius 2 is 2.03 bits per heavy atom. The summed E-state index contributed by atoms with van der Waals surface area (Å²) in [6.45, 7) is 6.04. The van der Waals surface area contributed by atoms with Crippen molar-refractivity contribution in [3.63, 3.8) is 0 Å². The monoisotopic (exact) mass is 446 g/mol. The van der Waals surface area contributed by atoms with Gasteiger partial charge in [-0.15, -0.1) is 6.58 Å². The molecule has 5 atom stereocenters. The summed E-state index contributed by atoms with van der Waals surface area (Å²) in [7, 11) is 0. The maximum absolute atomic E-state index is 13.1. The van der Waals surface area contributed by atoms with Gasteiger partial charge in [0.2, 0.25) is 0 Å². The fourth-order valence-electron chi connectivity index (χ4n) is 5.39. The van der Waals surface area contributed by atoms with Crippen molar-refractivity contribution in [2.75, 3.05) is 13.1 Å². The number of carbonyl (C=O) groups is 1. The molecule has 32 heavy (non-hydrogen) atoms. The zero-order valence-electron chi connectivity index (χ0n) is 18.0. The molecule has 3 aliphatic rings. The quantitative estimate of drug-likeness (QED) is 0.364. The Morgan fingerprint density at radius 1 is 1.22 bits per heavy atom. The second-order valence-corrected chi connectivity index (χ2v) is 9.25. The van der Waals surface area contributed by atoms with E-state index < -0.39 is 0 Å². The third-order valence-electron chi connectivity index (χ3n) is 7.04. The first-order valence-corrected chi connectivity index (χ1v) is 11.6. The Kier molecular flexibility index (Phi) is 5.99. The highest BCUT2D eigenvalue weighted by molar-refractivity contribution is 6.31. The van der Waals surface area contributed by atoms with Crippen LogP contribution in [0.5, 0.6) is 0 Å². The predicted octanol–water partition coefficient (Wildman–Crippen LogP) is 5.61. The zero-order valence-corrected chi connectivity index (χ0v) is 18.7. The third-order valence-corrected chi connectivity index (χ3v) is 7.41. The second kappa shape index (κ2) is 9.05. The van der Waals surface area contributed by atoms with Gasteiger partial charge < -0.3 is 4.74 Å². The molecule has 1 unspecified atom stereocenters. The van der Waals surface area contributed by atoms with Crippen LogP contribution in [-0.2, 0) is 16.0 Å². The van der Waals surface area contributed by atoms with E-state index in [0.717, 1.165) is 41.5 Å². The van der Waals surface area contributed by atoms with Crippen molar-refractivity contribution in [3.05, 3.63) is 89.6 Å². The molecule has 164 valence electrons. The van der Waals surface area contributed by atoms with Gasteiger partial charge in [0.1, 0.15) is 6.10 Å². The molecule has 3 aliphatic heterocycles. The van der Waals surface area contributed by atoms with Gasteiger partial charge in [-0.25, -0.2) is 0 Å². The molecular formula is C27H27ClN2O2. The van der Waals surface area contributed by atoms with E-state index in [0.29, 0.717) is 16.9 Å². The van der Waals surface area contributed by atoms with Crippen LogP contribution in [0.4, 0.5) is 0 Å². The number of hydrogen-bond acceptors (Lipinski definition) is 4. The van der Waals surface area contributed by atoms with Crippen molar-refractivity contribution in [2.24, 2.45) is 11.8 Å². The number of esters is 1. The number of nitrogens with zero attached hydrogens (tertiary/aromatic N) is 2.